The Kier molecular flexibility index (Phi) is 6.96. The van der Waals surface area contributed by atoms with Crippen molar-refractivity contribution in [1.82, 2.24) is 5.32 Å². The second-order valence-corrected chi connectivity index (χ2v) is 7.98. The van der Waals surface area contributed by atoms with Crippen LogP contribution in [-0.2, 0) is 19.6 Å². The van der Waals surface area contributed by atoms with E-state index in [1.807, 2.05) is 6.07 Å². The van der Waals surface area contributed by atoms with Gasteiger partial charge in [0.05, 0.1) is 0 Å². The van der Waals surface area contributed by atoms with Crippen LogP contribution in [0.2, 0.25) is 0 Å². The van der Waals surface area contributed by atoms with Crippen LogP contribution in [0.5, 0.6) is 5.75 Å². The van der Waals surface area contributed by atoms with Crippen LogP contribution in [-0.4, -0.2) is 6.04 Å². The molecule has 0 radical (unpaired) electrons. The second-order valence-electron chi connectivity index (χ2n) is 7.98. The van der Waals surface area contributed by atoms with E-state index < -0.39 is 0 Å². The summed E-state index contributed by atoms with van der Waals surface area (Å²) in [6.07, 6.45) is 2.12. The summed E-state index contributed by atoms with van der Waals surface area (Å²) >= 11 is 0. The topological polar surface area (TPSA) is 21.3 Å². The summed E-state index contributed by atoms with van der Waals surface area (Å²) in [7, 11) is 0. The van der Waals surface area contributed by atoms with Crippen LogP contribution in [0, 0.1) is 5.82 Å². The van der Waals surface area contributed by atoms with E-state index in [4.69, 9.17) is 4.74 Å². The van der Waals surface area contributed by atoms with Crippen LogP contribution >= 0.6 is 0 Å². The van der Waals surface area contributed by atoms with Gasteiger partial charge in [0.25, 0.3) is 0 Å². The second kappa shape index (κ2) is 10.2. The summed E-state index contributed by atoms with van der Waals surface area (Å²) in [5.41, 5.74) is 3.47. The smallest absolute Gasteiger partial charge is 0.124 e. The summed E-state index contributed by atoms with van der Waals surface area (Å²) in [5, 5.41) is 6.07. The number of nitrogens with one attached hydrogen (secondary N) is 1. The van der Waals surface area contributed by atoms with E-state index in [2.05, 4.69) is 72.9 Å². The van der Waals surface area contributed by atoms with Crippen molar-refractivity contribution in [3.8, 4) is 5.75 Å². The van der Waals surface area contributed by atoms with Crippen LogP contribution in [0.15, 0.2) is 91.0 Å². The predicted molar refractivity (Wildman–Crippen MR) is 126 cm³/mol. The Morgan fingerprint density at radius 2 is 1.55 bits per heavy atom. The Bertz CT molecular complexity index is 1110. The van der Waals surface area contributed by atoms with E-state index in [0.29, 0.717) is 12.6 Å². The van der Waals surface area contributed by atoms with Crippen LogP contribution in [0.3, 0.4) is 0 Å². The first kappa shape index (κ1) is 21.1. The molecule has 4 aromatic rings. The lowest BCUT2D eigenvalue weighted by Crippen LogP contribution is -2.26. The Labute approximate surface area is 183 Å². The molecule has 1 N–H and O–H groups in total. The molecule has 0 aliphatic carbocycles. The molecule has 4 rings (SSSR count). The van der Waals surface area contributed by atoms with Crippen molar-refractivity contribution in [2.24, 2.45) is 0 Å². The van der Waals surface area contributed by atoms with E-state index in [0.717, 1.165) is 36.3 Å². The molecule has 0 aromatic heterocycles. The molecule has 0 unspecified atom stereocenters. The Morgan fingerprint density at radius 3 is 2.35 bits per heavy atom. The highest BCUT2D eigenvalue weighted by Gasteiger charge is 2.11. The van der Waals surface area contributed by atoms with Crippen molar-refractivity contribution < 1.29 is 9.13 Å². The van der Waals surface area contributed by atoms with Gasteiger partial charge in [-0.1, -0.05) is 72.8 Å². The fourth-order valence-corrected chi connectivity index (χ4v) is 3.78. The van der Waals surface area contributed by atoms with Gasteiger partial charge in [-0.3, -0.25) is 0 Å². The minimum atomic E-state index is -0.233. The average molecular weight is 414 g/mol. The van der Waals surface area contributed by atoms with E-state index in [1.54, 1.807) is 12.1 Å². The maximum Gasteiger partial charge on any atom is 0.124 e. The molecule has 0 aliphatic rings. The molecule has 158 valence electrons. The first-order valence-electron chi connectivity index (χ1n) is 10.8. The zero-order chi connectivity index (χ0) is 21.5. The molecule has 4 aromatic carbocycles. The molecule has 0 saturated heterocycles. The first-order valence-corrected chi connectivity index (χ1v) is 10.8. The van der Waals surface area contributed by atoms with Crippen LogP contribution < -0.4 is 10.1 Å². The summed E-state index contributed by atoms with van der Waals surface area (Å²) in [6, 6.07) is 30.0. The van der Waals surface area contributed by atoms with Gasteiger partial charge >= 0.3 is 0 Å². The quantitative estimate of drug-likeness (QED) is 0.331. The van der Waals surface area contributed by atoms with Crippen molar-refractivity contribution in [2.45, 2.75) is 39.0 Å². The number of ether oxygens (including phenoxy) is 1. The first-order chi connectivity index (χ1) is 15.2. The highest BCUT2D eigenvalue weighted by atomic mass is 19.1. The summed E-state index contributed by atoms with van der Waals surface area (Å²) < 4.78 is 19.4. The fraction of sp³-hybridized carbons (Fsp3) is 0.214. The van der Waals surface area contributed by atoms with Gasteiger partial charge in [-0.2, -0.15) is 0 Å². The summed E-state index contributed by atoms with van der Waals surface area (Å²) in [5.74, 6) is 0.634. The van der Waals surface area contributed by atoms with Crippen molar-refractivity contribution in [3.63, 3.8) is 0 Å². The Morgan fingerprint density at radius 1 is 0.806 bits per heavy atom. The minimum absolute atomic E-state index is 0.233. The molecule has 2 nitrogen and oxygen atoms in total. The van der Waals surface area contributed by atoms with Crippen LogP contribution in [0.1, 0.15) is 30.0 Å². The van der Waals surface area contributed by atoms with Gasteiger partial charge in [0, 0.05) is 18.2 Å². The molecule has 0 fully saturated rings. The zero-order valence-corrected chi connectivity index (χ0v) is 17.9. The van der Waals surface area contributed by atoms with Crippen molar-refractivity contribution in [2.75, 3.05) is 0 Å². The molecular weight excluding hydrogens is 385 g/mol. The van der Waals surface area contributed by atoms with Gasteiger partial charge in [0.15, 0.2) is 0 Å². The molecule has 3 heteroatoms. The number of fused-ring (bicyclic) bond motifs is 1. The zero-order valence-electron chi connectivity index (χ0n) is 17.9. The number of benzene rings is 4. The lowest BCUT2D eigenvalue weighted by atomic mass is 10.0. The highest BCUT2D eigenvalue weighted by molar-refractivity contribution is 5.87. The third kappa shape index (κ3) is 5.71. The highest BCUT2D eigenvalue weighted by Crippen LogP contribution is 2.29. The third-order valence-electron chi connectivity index (χ3n) is 5.64. The average Bonchev–Trinajstić information content (AvgIpc) is 2.82. The molecular formula is C28H28FNO. The number of hydrogen-bond donors (Lipinski definition) is 1. The van der Waals surface area contributed by atoms with E-state index in [9.17, 15) is 4.39 Å². The van der Waals surface area contributed by atoms with Crippen LogP contribution in [0.4, 0.5) is 4.39 Å². The molecule has 0 aliphatic heterocycles. The van der Waals surface area contributed by atoms with Crippen LogP contribution in [0.25, 0.3) is 10.8 Å². The van der Waals surface area contributed by atoms with Gasteiger partial charge < -0.3 is 10.1 Å². The SMILES string of the molecule is C[C@H](CCc1ccccc1)NCc1c(OCc2ccc(F)cc2)ccc2ccccc12. The van der Waals surface area contributed by atoms with E-state index >= 15 is 0 Å². The lowest BCUT2D eigenvalue weighted by molar-refractivity contribution is 0.302. The molecule has 0 amide bonds. The number of aryl methyl sites for hydroxylation is 1. The molecule has 0 saturated carbocycles. The maximum absolute atomic E-state index is 13.2. The van der Waals surface area contributed by atoms with Gasteiger partial charge in [0.2, 0.25) is 0 Å². The van der Waals surface area contributed by atoms with Gasteiger partial charge in [0.1, 0.15) is 18.2 Å². The molecule has 0 bridgehead atoms. The number of rotatable bonds is 9. The molecule has 31 heavy (non-hydrogen) atoms. The fourth-order valence-electron chi connectivity index (χ4n) is 3.78. The number of halogens is 1. The van der Waals surface area contributed by atoms with Crippen molar-refractivity contribution in [1.29, 1.82) is 0 Å². The summed E-state index contributed by atoms with van der Waals surface area (Å²) in [6.45, 7) is 3.37. The standard InChI is InChI=1S/C28H28FNO/c1-21(11-12-22-7-3-2-4-8-22)30-19-27-26-10-6-5-9-24(26)15-18-28(27)31-20-23-13-16-25(29)17-14-23/h2-10,13-18,21,30H,11-12,19-20H2,1H3/t21-/m1/s1. The third-order valence-corrected chi connectivity index (χ3v) is 5.64. The molecule has 1 atom stereocenters. The van der Waals surface area contributed by atoms with E-state index in [-0.39, 0.29) is 5.82 Å². The normalized spacial score (nSPS) is 12.1. The minimum Gasteiger partial charge on any atom is -0.489 e. The predicted octanol–water partition coefficient (Wildman–Crippen LogP) is 6.67. The monoisotopic (exact) mass is 413 g/mol. The maximum atomic E-state index is 13.2. The largest absolute Gasteiger partial charge is 0.489 e. The van der Waals surface area contributed by atoms with Crippen molar-refractivity contribution in [3.05, 3.63) is 114 Å². The van der Waals surface area contributed by atoms with Crippen molar-refractivity contribution >= 4 is 10.8 Å². The Balaban J connectivity index is 1.46. The lowest BCUT2D eigenvalue weighted by Gasteiger charge is -2.18. The van der Waals surface area contributed by atoms with E-state index in [1.165, 1.54) is 28.5 Å². The Hall–Kier alpha value is -3.17. The van der Waals surface area contributed by atoms with Gasteiger partial charge in [-0.05, 0) is 59.9 Å². The van der Waals surface area contributed by atoms with Gasteiger partial charge in [-0.25, -0.2) is 4.39 Å². The summed E-state index contributed by atoms with van der Waals surface area (Å²) in [4.78, 5) is 0. The molecule has 0 heterocycles. The molecule has 0 spiro atoms. The number of hydrogen-bond acceptors (Lipinski definition) is 2. The van der Waals surface area contributed by atoms with Gasteiger partial charge in [-0.15, -0.1) is 0 Å².